The molecule has 0 aliphatic heterocycles. The molecule has 1 unspecified atom stereocenters. The van der Waals surface area contributed by atoms with Gasteiger partial charge in [0.25, 0.3) is 0 Å². The van der Waals surface area contributed by atoms with Gasteiger partial charge >= 0.3 is 0 Å². The van der Waals surface area contributed by atoms with Gasteiger partial charge in [0.2, 0.25) is 0 Å². The highest BCUT2D eigenvalue weighted by Crippen LogP contribution is 2.21. The van der Waals surface area contributed by atoms with E-state index in [0.29, 0.717) is 6.10 Å². The van der Waals surface area contributed by atoms with Gasteiger partial charge in [0, 0.05) is 0 Å². The summed E-state index contributed by atoms with van der Waals surface area (Å²) in [7, 11) is 0. The van der Waals surface area contributed by atoms with E-state index in [1.54, 1.807) is 0 Å². The van der Waals surface area contributed by atoms with E-state index in [9.17, 15) is 0 Å². The third-order valence-electron chi connectivity index (χ3n) is 1.84. The van der Waals surface area contributed by atoms with Crippen molar-refractivity contribution in [2.45, 2.75) is 52.2 Å². The highest BCUT2D eigenvalue weighted by Gasteiger charge is 2.21. The lowest BCUT2D eigenvalue weighted by molar-refractivity contribution is -0.0680. The Kier molecular flexibility index (Phi) is 4.43. The lowest BCUT2D eigenvalue weighted by atomic mass is 9.99. The monoisotopic (exact) mass is 156 g/mol. The van der Waals surface area contributed by atoms with Crippen LogP contribution in [0.4, 0.5) is 0 Å². The van der Waals surface area contributed by atoms with E-state index in [1.807, 2.05) is 6.08 Å². The Balaban J connectivity index is 3.97. The first-order valence-electron chi connectivity index (χ1n) is 4.33. The Morgan fingerprint density at radius 1 is 1.55 bits per heavy atom. The van der Waals surface area contributed by atoms with Gasteiger partial charge in [-0.05, 0) is 33.6 Å². The van der Waals surface area contributed by atoms with E-state index in [4.69, 9.17) is 4.74 Å². The SMILES string of the molecule is C=CCC(C)(CC)OC(C)C. The lowest BCUT2D eigenvalue weighted by Gasteiger charge is -2.29. The third-order valence-corrected chi connectivity index (χ3v) is 1.84. The maximum Gasteiger partial charge on any atom is 0.0689 e. The molecule has 11 heavy (non-hydrogen) atoms. The molecule has 66 valence electrons. The fourth-order valence-corrected chi connectivity index (χ4v) is 1.15. The topological polar surface area (TPSA) is 9.23 Å². The van der Waals surface area contributed by atoms with Crippen LogP contribution in [0, 0.1) is 0 Å². The van der Waals surface area contributed by atoms with Gasteiger partial charge in [-0.2, -0.15) is 0 Å². The number of hydrogen-bond donors (Lipinski definition) is 0. The molecule has 0 saturated heterocycles. The molecule has 0 saturated carbocycles. The first kappa shape index (κ1) is 10.7. The number of hydrogen-bond acceptors (Lipinski definition) is 1. The van der Waals surface area contributed by atoms with E-state index in [-0.39, 0.29) is 5.60 Å². The molecule has 1 heteroatoms. The molecule has 0 aliphatic carbocycles. The van der Waals surface area contributed by atoms with Crippen LogP contribution in [0.5, 0.6) is 0 Å². The van der Waals surface area contributed by atoms with Crippen LogP contribution >= 0.6 is 0 Å². The summed E-state index contributed by atoms with van der Waals surface area (Å²) in [6.07, 6.45) is 4.20. The van der Waals surface area contributed by atoms with Crippen molar-refractivity contribution in [1.82, 2.24) is 0 Å². The molecular formula is C10H20O. The highest BCUT2D eigenvalue weighted by atomic mass is 16.5. The molecule has 1 atom stereocenters. The summed E-state index contributed by atoms with van der Waals surface area (Å²) in [4.78, 5) is 0. The van der Waals surface area contributed by atoms with Gasteiger partial charge in [0.05, 0.1) is 11.7 Å². The Bertz CT molecular complexity index is 118. The first-order valence-corrected chi connectivity index (χ1v) is 4.33. The van der Waals surface area contributed by atoms with Crippen LogP contribution in [-0.4, -0.2) is 11.7 Å². The summed E-state index contributed by atoms with van der Waals surface area (Å²) in [6, 6.07) is 0. The van der Waals surface area contributed by atoms with Crippen LogP contribution in [0.2, 0.25) is 0 Å². The molecule has 0 N–H and O–H groups in total. The second kappa shape index (κ2) is 4.55. The maximum atomic E-state index is 5.76. The van der Waals surface area contributed by atoms with Crippen molar-refractivity contribution in [2.75, 3.05) is 0 Å². The van der Waals surface area contributed by atoms with E-state index < -0.39 is 0 Å². The fourth-order valence-electron chi connectivity index (χ4n) is 1.15. The predicted octanol–water partition coefficient (Wildman–Crippen LogP) is 3.16. The Hall–Kier alpha value is -0.300. The molecule has 0 aromatic carbocycles. The number of ether oxygens (including phenoxy) is 1. The van der Waals surface area contributed by atoms with Gasteiger partial charge < -0.3 is 4.74 Å². The zero-order valence-corrected chi connectivity index (χ0v) is 8.18. The average molecular weight is 156 g/mol. The predicted molar refractivity (Wildman–Crippen MR) is 49.7 cm³/mol. The molecule has 0 aromatic heterocycles. The van der Waals surface area contributed by atoms with E-state index >= 15 is 0 Å². The van der Waals surface area contributed by atoms with Gasteiger partial charge in [-0.25, -0.2) is 0 Å². The first-order chi connectivity index (χ1) is 5.04. The second-order valence-electron chi connectivity index (χ2n) is 3.46. The molecule has 0 bridgehead atoms. The van der Waals surface area contributed by atoms with Crippen LogP contribution in [-0.2, 0) is 4.74 Å². The largest absolute Gasteiger partial charge is 0.372 e. The summed E-state index contributed by atoms with van der Waals surface area (Å²) in [5.74, 6) is 0. The minimum Gasteiger partial charge on any atom is -0.372 e. The molecule has 0 aliphatic rings. The highest BCUT2D eigenvalue weighted by molar-refractivity contribution is 4.83. The smallest absolute Gasteiger partial charge is 0.0689 e. The molecule has 0 spiro atoms. The van der Waals surface area contributed by atoms with Gasteiger partial charge in [-0.1, -0.05) is 13.0 Å². The van der Waals surface area contributed by atoms with Crippen molar-refractivity contribution in [1.29, 1.82) is 0 Å². The Morgan fingerprint density at radius 2 is 2.09 bits per heavy atom. The van der Waals surface area contributed by atoms with Crippen LogP contribution in [0.3, 0.4) is 0 Å². The molecular weight excluding hydrogens is 136 g/mol. The third kappa shape index (κ3) is 4.20. The molecule has 1 nitrogen and oxygen atoms in total. The Morgan fingerprint density at radius 3 is 2.36 bits per heavy atom. The number of rotatable bonds is 5. The summed E-state index contributed by atoms with van der Waals surface area (Å²) < 4.78 is 5.76. The molecule has 0 aromatic rings. The maximum absolute atomic E-state index is 5.76. The summed E-state index contributed by atoms with van der Waals surface area (Å²) in [6.45, 7) is 12.1. The molecule has 0 amide bonds. The average Bonchev–Trinajstić information content (AvgIpc) is 1.87. The van der Waals surface area contributed by atoms with Gasteiger partial charge in [-0.15, -0.1) is 6.58 Å². The van der Waals surface area contributed by atoms with Crippen LogP contribution in [0.1, 0.15) is 40.5 Å². The van der Waals surface area contributed by atoms with Crippen molar-refractivity contribution in [2.24, 2.45) is 0 Å². The van der Waals surface area contributed by atoms with E-state index in [0.717, 1.165) is 12.8 Å². The van der Waals surface area contributed by atoms with Gasteiger partial charge in [-0.3, -0.25) is 0 Å². The minimum atomic E-state index is -0.00405. The van der Waals surface area contributed by atoms with Gasteiger partial charge in [0.15, 0.2) is 0 Å². The lowest BCUT2D eigenvalue weighted by Crippen LogP contribution is -2.30. The normalized spacial score (nSPS) is 16.5. The molecule has 0 radical (unpaired) electrons. The van der Waals surface area contributed by atoms with Crippen molar-refractivity contribution < 1.29 is 4.74 Å². The summed E-state index contributed by atoms with van der Waals surface area (Å²) in [5.41, 5.74) is -0.00405. The van der Waals surface area contributed by atoms with Gasteiger partial charge in [0.1, 0.15) is 0 Å². The zero-order chi connectivity index (χ0) is 8.91. The van der Waals surface area contributed by atoms with Crippen molar-refractivity contribution in [3.05, 3.63) is 12.7 Å². The molecule has 0 heterocycles. The summed E-state index contributed by atoms with van der Waals surface area (Å²) in [5, 5.41) is 0. The molecule has 0 fully saturated rings. The second-order valence-corrected chi connectivity index (χ2v) is 3.46. The van der Waals surface area contributed by atoms with E-state index in [1.165, 1.54) is 0 Å². The van der Waals surface area contributed by atoms with Crippen molar-refractivity contribution in [3.8, 4) is 0 Å². The minimum absolute atomic E-state index is 0.00405. The Labute approximate surface area is 70.4 Å². The van der Waals surface area contributed by atoms with E-state index in [2.05, 4.69) is 34.3 Å². The van der Waals surface area contributed by atoms with Crippen LogP contribution in [0.25, 0.3) is 0 Å². The summed E-state index contributed by atoms with van der Waals surface area (Å²) >= 11 is 0. The van der Waals surface area contributed by atoms with Crippen LogP contribution in [0.15, 0.2) is 12.7 Å². The van der Waals surface area contributed by atoms with Crippen LogP contribution < -0.4 is 0 Å². The molecule has 0 rings (SSSR count). The standard InChI is InChI=1S/C10H20O/c1-6-8-10(5,7-2)11-9(3)4/h6,9H,1,7-8H2,2-5H3. The quantitative estimate of drug-likeness (QED) is 0.555. The van der Waals surface area contributed by atoms with Crippen molar-refractivity contribution >= 4 is 0 Å². The fraction of sp³-hybridized carbons (Fsp3) is 0.800. The zero-order valence-electron chi connectivity index (χ0n) is 8.18. The van der Waals surface area contributed by atoms with Crippen molar-refractivity contribution in [3.63, 3.8) is 0 Å².